The van der Waals surface area contributed by atoms with E-state index in [-0.39, 0.29) is 11.4 Å². The summed E-state index contributed by atoms with van der Waals surface area (Å²) in [6.07, 6.45) is 0. The zero-order chi connectivity index (χ0) is 14.8. The second-order valence-electron chi connectivity index (χ2n) is 4.26. The van der Waals surface area contributed by atoms with E-state index < -0.39 is 16.0 Å². The maximum atomic E-state index is 12.4. The van der Waals surface area contributed by atoms with E-state index in [0.29, 0.717) is 16.8 Å². The molecule has 0 fully saturated rings. The summed E-state index contributed by atoms with van der Waals surface area (Å²) in [4.78, 5) is 11.3. The number of hydrogen-bond donors (Lipinski definition) is 1. The fourth-order valence-electron chi connectivity index (χ4n) is 1.73. The molecule has 0 unspecified atom stereocenters. The molecule has 0 aliphatic rings. The number of nitrogen functional groups attached to an aromatic ring is 1. The summed E-state index contributed by atoms with van der Waals surface area (Å²) < 4.78 is 30.3. The standard InChI is InChI=1S/C12H18N2O4S/c1-8-5-6-10(13)9(2)12(8)19(16,17)14(3)7-11(15)18-4/h5-6H,7,13H2,1-4H3. The van der Waals surface area contributed by atoms with Crippen molar-refractivity contribution in [1.29, 1.82) is 0 Å². The Bertz CT molecular complexity index is 596. The average molecular weight is 286 g/mol. The number of methoxy groups -OCH3 is 1. The van der Waals surface area contributed by atoms with E-state index in [1.165, 1.54) is 14.2 Å². The molecule has 1 aromatic rings. The van der Waals surface area contributed by atoms with Crippen LogP contribution in [0.15, 0.2) is 17.0 Å². The van der Waals surface area contributed by atoms with Crippen LogP contribution in [0.5, 0.6) is 0 Å². The van der Waals surface area contributed by atoms with Gasteiger partial charge in [0.05, 0.1) is 12.0 Å². The lowest BCUT2D eigenvalue weighted by Gasteiger charge is -2.19. The van der Waals surface area contributed by atoms with Gasteiger partial charge < -0.3 is 10.5 Å². The molecule has 7 heteroatoms. The fraction of sp³-hybridized carbons (Fsp3) is 0.417. The van der Waals surface area contributed by atoms with Gasteiger partial charge in [-0.05, 0) is 31.0 Å². The molecule has 0 atom stereocenters. The average Bonchev–Trinajstić information content (AvgIpc) is 2.33. The number of ether oxygens (including phenoxy) is 1. The molecule has 106 valence electrons. The Hall–Kier alpha value is -1.60. The zero-order valence-electron chi connectivity index (χ0n) is 11.4. The second kappa shape index (κ2) is 5.58. The van der Waals surface area contributed by atoms with Gasteiger partial charge in [0.15, 0.2) is 0 Å². The lowest BCUT2D eigenvalue weighted by Crippen LogP contribution is -2.33. The summed E-state index contributed by atoms with van der Waals surface area (Å²) in [6, 6.07) is 3.30. The van der Waals surface area contributed by atoms with E-state index >= 15 is 0 Å². The molecule has 19 heavy (non-hydrogen) atoms. The third-order valence-electron chi connectivity index (χ3n) is 2.89. The summed E-state index contributed by atoms with van der Waals surface area (Å²) >= 11 is 0. The number of likely N-dealkylation sites (N-methyl/N-ethyl adjacent to an activating group) is 1. The molecule has 0 saturated heterocycles. The number of sulfonamides is 1. The molecule has 0 heterocycles. The SMILES string of the molecule is COC(=O)CN(C)S(=O)(=O)c1c(C)ccc(N)c1C. The largest absolute Gasteiger partial charge is 0.468 e. The number of carbonyl (C=O) groups excluding carboxylic acids is 1. The number of rotatable bonds is 4. The number of aryl methyl sites for hydroxylation is 1. The first-order chi connectivity index (χ1) is 8.71. The molecule has 2 N–H and O–H groups in total. The van der Waals surface area contributed by atoms with E-state index in [1.807, 2.05) is 0 Å². The first-order valence-corrected chi connectivity index (χ1v) is 7.04. The Morgan fingerprint density at radius 1 is 1.37 bits per heavy atom. The van der Waals surface area contributed by atoms with Crippen LogP contribution in [0, 0.1) is 13.8 Å². The smallest absolute Gasteiger partial charge is 0.321 e. The molecule has 0 amide bonds. The van der Waals surface area contributed by atoms with Crippen LogP contribution in [0.1, 0.15) is 11.1 Å². The van der Waals surface area contributed by atoms with Gasteiger partial charge in [0, 0.05) is 12.7 Å². The lowest BCUT2D eigenvalue weighted by molar-refractivity contribution is -0.140. The molecule has 0 spiro atoms. The van der Waals surface area contributed by atoms with Crippen LogP contribution in [-0.4, -0.2) is 39.4 Å². The van der Waals surface area contributed by atoms with Gasteiger partial charge in [-0.15, -0.1) is 0 Å². The third kappa shape index (κ3) is 3.05. The van der Waals surface area contributed by atoms with Crippen molar-refractivity contribution in [1.82, 2.24) is 4.31 Å². The summed E-state index contributed by atoms with van der Waals surface area (Å²) in [7, 11) is -1.24. The number of nitrogens with two attached hydrogens (primary N) is 1. The number of hydrogen-bond acceptors (Lipinski definition) is 5. The molecule has 1 aromatic carbocycles. The molecular formula is C12H18N2O4S. The topological polar surface area (TPSA) is 89.7 Å². The summed E-state index contributed by atoms with van der Waals surface area (Å²) in [5.41, 5.74) is 7.21. The molecule has 0 saturated carbocycles. The fourth-order valence-corrected chi connectivity index (χ4v) is 3.29. The van der Waals surface area contributed by atoms with Gasteiger partial charge in [0.25, 0.3) is 0 Å². The van der Waals surface area contributed by atoms with Gasteiger partial charge in [-0.2, -0.15) is 4.31 Å². The van der Waals surface area contributed by atoms with E-state index in [4.69, 9.17) is 5.73 Å². The minimum atomic E-state index is -3.78. The van der Waals surface area contributed by atoms with Gasteiger partial charge in [-0.25, -0.2) is 8.42 Å². The number of esters is 1. The van der Waals surface area contributed by atoms with Crippen LogP contribution < -0.4 is 5.73 Å². The van der Waals surface area contributed by atoms with E-state index in [9.17, 15) is 13.2 Å². The normalized spacial score (nSPS) is 11.6. The van der Waals surface area contributed by atoms with Crippen LogP contribution >= 0.6 is 0 Å². The van der Waals surface area contributed by atoms with E-state index in [2.05, 4.69) is 4.74 Å². The van der Waals surface area contributed by atoms with Crippen molar-refractivity contribution in [2.75, 3.05) is 26.4 Å². The van der Waals surface area contributed by atoms with Crippen molar-refractivity contribution in [3.63, 3.8) is 0 Å². The predicted octanol–water partition coefficient (Wildman–Crippen LogP) is 0.679. The molecule has 0 bridgehead atoms. The summed E-state index contributed by atoms with van der Waals surface area (Å²) in [5, 5.41) is 0. The Balaban J connectivity index is 3.28. The van der Waals surface area contributed by atoms with Crippen LogP contribution in [-0.2, 0) is 19.6 Å². The highest BCUT2D eigenvalue weighted by molar-refractivity contribution is 7.89. The van der Waals surface area contributed by atoms with Gasteiger partial charge in [-0.1, -0.05) is 6.07 Å². The van der Waals surface area contributed by atoms with Crippen molar-refractivity contribution < 1.29 is 17.9 Å². The number of carbonyl (C=O) groups is 1. The Labute approximate surface area is 113 Å². The van der Waals surface area contributed by atoms with E-state index in [1.54, 1.807) is 26.0 Å². The van der Waals surface area contributed by atoms with Crippen LogP contribution in [0.2, 0.25) is 0 Å². The Kier molecular flexibility index (Phi) is 4.54. The minimum Gasteiger partial charge on any atom is -0.468 e. The molecule has 0 aliphatic heterocycles. The lowest BCUT2D eigenvalue weighted by atomic mass is 10.1. The Morgan fingerprint density at radius 3 is 2.47 bits per heavy atom. The van der Waals surface area contributed by atoms with Gasteiger partial charge in [0.1, 0.15) is 6.54 Å². The van der Waals surface area contributed by atoms with Gasteiger partial charge >= 0.3 is 5.97 Å². The van der Waals surface area contributed by atoms with Crippen LogP contribution in [0.25, 0.3) is 0 Å². The first-order valence-electron chi connectivity index (χ1n) is 5.60. The maximum Gasteiger partial charge on any atom is 0.321 e. The number of anilines is 1. The number of nitrogens with zero attached hydrogens (tertiary/aromatic N) is 1. The molecule has 0 aliphatic carbocycles. The van der Waals surface area contributed by atoms with Crippen molar-refractivity contribution >= 4 is 21.7 Å². The van der Waals surface area contributed by atoms with Crippen molar-refractivity contribution in [2.24, 2.45) is 0 Å². The molecule has 0 radical (unpaired) electrons. The van der Waals surface area contributed by atoms with Gasteiger partial charge in [-0.3, -0.25) is 4.79 Å². The minimum absolute atomic E-state index is 0.138. The maximum absolute atomic E-state index is 12.4. The molecule has 6 nitrogen and oxygen atoms in total. The molecule has 1 rings (SSSR count). The van der Waals surface area contributed by atoms with E-state index in [0.717, 1.165) is 4.31 Å². The van der Waals surface area contributed by atoms with Crippen LogP contribution in [0.3, 0.4) is 0 Å². The van der Waals surface area contributed by atoms with Crippen molar-refractivity contribution in [3.8, 4) is 0 Å². The van der Waals surface area contributed by atoms with Gasteiger partial charge in [0.2, 0.25) is 10.0 Å². The zero-order valence-corrected chi connectivity index (χ0v) is 12.2. The second-order valence-corrected chi connectivity index (χ2v) is 6.24. The monoisotopic (exact) mass is 286 g/mol. The molecule has 0 aromatic heterocycles. The molecular weight excluding hydrogens is 268 g/mol. The van der Waals surface area contributed by atoms with Crippen molar-refractivity contribution in [3.05, 3.63) is 23.3 Å². The quantitative estimate of drug-likeness (QED) is 0.649. The number of benzene rings is 1. The summed E-state index contributed by atoms with van der Waals surface area (Å²) in [5.74, 6) is -0.620. The Morgan fingerprint density at radius 2 is 1.95 bits per heavy atom. The van der Waals surface area contributed by atoms with Crippen LogP contribution in [0.4, 0.5) is 5.69 Å². The highest BCUT2D eigenvalue weighted by atomic mass is 32.2. The van der Waals surface area contributed by atoms with Crippen molar-refractivity contribution in [2.45, 2.75) is 18.7 Å². The first kappa shape index (κ1) is 15.5. The highest BCUT2D eigenvalue weighted by Crippen LogP contribution is 2.26. The highest BCUT2D eigenvalue weighted by Gasteiger charge is 2.27. The summed E-state index contributed by atoms with van der Waals surface area (Å²) in [6.45, 7) is 2.99. The predicted molar refractivity (Wildman–Crippen MR) is 72.2 cm³/mol. The third-order valence-corrected chi connectivity index (χ3v) is 4.99.